The molecule has 0 amide bonds. The Kier molecular flexibility index (Phi) is 55.5. The van der Waals surface area contributed by atoms with Crippen molar-refractivity contribution in [2.45, 2.75) is 315 Å². The molecule has 576 valence electrons. The Labute approximate surface area is 587 Å². The van der Waals surface area contributed by atoms with Gasteiger partial charge in [-0.2, -0.15) is 0 Å². The van der Waals surface area contributed by atoms with Gasteiger partial charge in [0, 0.05) is 35.0 Å². The Morgan fingerprint density at radius 2 is 0.711 bits per heavy atom. The highest BCUT2D eigenvalue weighted by molar-refractivity contribution is 5.85. The number of carbonyl (C=O) groups excluding carboxylic acids is 9. The van der Waals surface area contributed by atoms with E-state index < -0.39 is 72.3 Å². The van der Waals surface area contributed by atoms with Gasteiger partial charge in [-0.15, -0.1) is 0 Å². The summed E-state index contributed by atoms with van der Waals surface area (Å²) in [5.74, 6) is -5.10. The van der Waals surface area contributed by atoms with Gasteiger partial charge >= 0.3 is 47.8 Å². The first-order valence-electron chi connectivity index (χ1n) is 34.1. The molecule has 23 heteroatoms. The van der Waals surface area contributed by atoms with Crippen LogP contribution in [0.3, 0.4) is 0 Å². The van der Waals surface area contributed by atoms with Crippen LogP contribution in [0.4, 0.5) is 0 Å². The fraction of sp³-hybridized carbons (Fsp3) is 0.878. The normalized spacial score (nSPS) is 15.4. The van der Waals surface area contributed by atoms with E-state index in [0.717, 1.165) is 38.7 Å². The van der Waals surface area contributed by atoms with Crippen molar-refractivity contribution < 1.29 is 109 Å². The summed E-state index contributed by atoms with van der Waals surface area (Å²) in [6.45, 7) is 63.7. The van der Waals surface area contributed by atoms with Crippen molar-refractivity contribution in [1.82, 2.24) is 0 Å². The molecule has 0 aliphatic heterocycles. The fourth-order valence-electron chi connectivity index (χ4n) is 7.10. The van der Waals surface area contributed by atoms with Gasteiger partial charge in [-0.1, -0.05) is 145 Å². The number of carbonyl (C=O) groups is 9. The largest absolute Gasteiger partial charge is 0.460 e. The second-order valence-corrected chi connectivity index (χ2v) is 31.7. The molecule has 0 aromatic rings. The average molecular weight is 1400 g/mol. The van der Waals surface area contributed by atoms with E-state index in [1.54, 1.807) is 35.0 Å². The highest BCUT2D eigenvalue weighted by Gasteiger charge is 2.33. The maximum atomic E-state index is 11.8. The summed E-state index contributed by atoms with van der Waals surface area (Å²) >= 11 is 0. The Morgan fingerprint density at radius 3 is 1.06 bits per heavy atom. The summed E-state index contributed by atoms with van der Waals surface area (Å²) in [5.41, 5.74) is 0.463. The second kappa shape index (κ2) is 52.2. The third-order valence-electron chi connectivity index (χ3n) is 14.0. The molecule has 0 fully saturated rings. The minimum absolute atomic E-state index is 0.0790. The topological polar surface area (TPSA) is 283 Å². The van der Waals surface area contributed by atoms with E-state index in [9.17, 15) is 43.2 Å². The smallest absolute Gasteiger partial charge is 0.347 e. The van der Waals surface area contributed by atoms with Crippen LogP contribution in [-0.2, 0) is 109 Å². The molecule has 0 aliphatic rings. The quantitative estimate of drug-likeness (QED) is 0.0343. The van der Waals surface area contributed by atoms with Gasteiger partial charge in [-0.05, 0) is 141 Å². The van der Waals surface area contributed by atoms with Gasteiger partial charge in [-0.25, -0.2) is 28.8 Å². The summed E-state index contributed by atoms with van der Waals surface area (Å²) < 4.78 is 70.4. The van der Waals surface area contributed by atoms with Crippen molar-refractivity contribution in [3.05, 3.63) is 0 Å². The fourth-order valence-corrected chi connectivity index (χ4v) is 7.10. The van der Waals surface area contributed by atoms with E-state index in [0.29, 0.717) is 36.8 Å². The lowest BCUT2D eigenvalue weighted by molar-refractivity contribution is -0.174. The number of Topliss-reactive ketones (excluding diaryl/α,β-unsaturated/α-hetero) is 1. The second-order valence-electron chi connectivity index (χ2n) is 31.7. The number of hydrogen-bond acceptors (Lipinski definition) is 23. The first-order valence-corrected chi connectivity index (χ1v) is 34.1. The molecule has 12 unspecified atom stereocenters. The minimum Gasteiger partial charge on any atom is -0.460 e. The molecule has 23 nitrogen and oxygen atoms in total. The standard InChI is InChI=1S/C14H24O5.C14H26O4.2C13H24O5.C11H24O2.C9H20O2/c1-8(14(5,6)7)12(16)19-11(4)13(17)18-10(3)9(2)15;1-8-9(2)17-13(16)11(4)18-12(15)10(3)14(5,6)7;1-9(7-13(3,4)5)18-11(14)8-17-12(15)10(2)16-6;1-9(7-13(3,4)5)17-12(15)10(2)18-11(14)8-16-6;1-9(7-11(3,4)5)13-8-10(2)12-6;1-9(2,3)5-6-11-8-7-10-4/h8,10-11H,1-7H3;9-11H,8H2,1-7H3;2*9-10H,7-8H2,1-6H3;9-10H,7-8H2,1-6H3;5-8H2,1-4H3. The summed E-state index contributed by atoms with van der Waals surface area (Å²) in [7, 11) is 6.18. The molecule has 0 heterocycles. The molecule has 0 radical (unpaired) electrons. The van der Waals surface area contributed by atoms with Crippen molar-refractivity contribution in [3.8, 4) is 0 Å². The number of ketones is 1. The summed E-state index contributed by atoms with van der Waals surface area (Å²) in [6, 6.07) is 0. The van der Waals surface area contributed by atoms with E-state index in [4.69, 9.17) is 61.6 Å². The van der Waals surface area contributed by atoms with Gasteiger partial charge in [0.2, 0.25) is 0 Å². The predicted octanol–water partition coefficient (Wildman–Crippen LogP) is 13.9. The van der Waals surface area contributed by atoms with E-state index in [1.807, 2.05) is 76.2 Å². The van der Waals surface area contributed by atoms with Gasteiger partial charge in [0.05, 0.1) is 62.2 Å². The molecule has 0 bridgehead atoms. The van der Waals surface area contributed by atoms with Crippen LogP contribution in [0, 0.1) is 44.3 Å². The highest BCUT2D eigenvalue weighted by atomic mass is 16.6. The third-order valence-corrected chi connectivity index (χ3v) is 14.0. The van der Waals surface area contributed by atoms with Gasteiger partial charge in [0.1, 0.15) is 6.61 Å². The molecule has 12 atom stereocenters. The first kappa shape index (κ1) is 103. The maximum absolute atomic E-state index is 11.8. The van der Waals surface area contributed by atoms with E-state index in [1.165, 1.54) is 48.8 Å². The van der Waals surface area contributed by atoms with Crippen LogP contribution in [0.15, 0.2) is 0 Å². The number of hydrogen-bond donors (Lipinski definition) is 0. The van der Waals surface area contributed by atoms with Crippen molar-refractivity contribution in [2.24, 2.45) is 44.3 Å². The lowest BCUT2D eigenvalue weighted by Crippen LogP contribution is -2.35. The summed E-state index contributed by atoms with van der Waals surface area (Å²) in [6.07, 6.45) is 0.114. The van der Waals surface area contributed by atoms with Crippen molar-refractivity contribution in [3.63, 3.8) is 0 Å². The lowest BCUT2D eigenvalue weighted by atomic mass is 9.82. The molecule has 0 saturated carbocycles. The van der Waals surface area contributed by atoms with Crippen LogP contribution in [0.2, 0.25) is 0 Å². The summed E-state index contributed by atoms with van der Waals surface area (Å²) in [5, 5.41) is 0. The molecule has 97 heavy (non-hydrogen) atoms. The number of ether oxygens (including phenoxy) is 14. The van der Waals surface area contributed by atoms with Crippen LogP contribution in [0.25, 0.3) is 0 Å². The predicted molar refractivity (Wildman–Crippen MR) is 377 cm³/mol. The Morgan fingerprint density at radius 1 is 0.340 bits per heavy atom. The summed E-state index contributed by atoms with van der Waals surface area (Å²) in [4.78, 5) is 103. The minimum atomic E-state index is -1.01. The molecule has 0 rings (SSSR count). The average Bonchev–Trinajstić information content (AvgIpc) is 1.19. The maximum Gasteiger partial charge on any atom is 0.347 e. The number of esters is 8. The third kappa shape index (κ3) is 65.6. The monoisotopic (exact) mass is 1400 g/mol. The SMILES string of the molecule is CC(=O)C(C)OC(=O)C(C)OC(=O)C(C)C(C)(C)C.CCC(C)OC(=O)C(C)OC(=O)C(C)C(C)(C)C.COC(C)C(=O)OCC(=O)OC(C)CC(C)(C)C.COC(C)COC(C)CC(C)(C)C.COCC(=O)OC(C)C(=O)OC(C)CC(C)(C)C.COCCOCCC(C)(C)C. The van der Waals surface area contributed by atoms with Crippen LogP contribution in [0.5, 0.6) is 0 Å². The molecule has 0 N–H and O–H groups in total. The molecule has 0 aromatic carbocycles. The van der Waals surface area contributed by atoms with Crippen LogP contribution >= 0.6 is 0 Å². The Hall–Kier alpha value is -4.81. The number of rotatable bonds is 32. The molecule has 0 spiro atoms. The zero-order valence-electron chi connectivity index (χ0n) is 67.6. The molecule has 0 aliphatic carbocycles. The van der Waals surface area contributed by atoms with E-state index >= 15 is 0 Å². The Balaban J connectivity index is -0.000000258. The Bertz CT molecular complexity index is 2170. The van der Waals surface area contributed by atoms with Crippen LogP contribution in [0.1, 0.15) is 254 Å². The first-order chi connectivity index (χ1) is 43.8. The van der Waals surface area contributed by atoms with Gasteiger partial charge in [0.25, 0.3) is 0 Å². The molecular formula is C74H142O23. The van der Waals surface area contributed by atoms with Gasteiger partial charge in [0.15, 0.2) is 42.9 Å². The van der Waals surface area contributed by atoms with E-state index in [2.05, 4.69) is 94.7 Å². The highest BCUT2D eigenvalue weighted by Crippen LogP contribution is 2.29. The number of methoxy groups -OCH3 is 4. The zero-order chi connectivity index (χ0) is 77.8. The zero-order valence-corrected chi connectivity index (χ0v) is 67.6. The van der Waals surface area contributed by atoms with Gasteiger partial charge < -0.3 is 66.3 Å². The van der Waals surface area contributed by atoms with Crippen molar-refractivity contribution in [1.29, 1.82) is 0 Å². The lowest BCUT2D eigenvalue weighted by Gasteiger charge is -2.26. The van der Waals surface area contributed by atoms with Crippen molar-refractivity contribution in [2.75, 3.05) is 68.1 Å². The van der Waals surface area contributed by atoms with Crippen molar-refractivity contribution >= 4 is 53.5 Å². The molecule has 0 aromatic heterocycles. The molecular weight excluding hydrogens is 1260 g/mol. The van der Waals surface area contributed by atoms with Gasteiger partial charge in [-0.3, -0.25) is 14.4 Å². The van der Waals surface area contributed by atoms with Crippen LogP contribution < -0.4 is 0 Å². The van der Waals surface area contributed by atoms with Crippen LogP contribution in [-0.4, -0.2) is 183 Å². The molecule has 0 saturated heterocycles. The van der Waals surface area contributed by atoms with E-state index in [-0.39, 0.29) is 82.9 Å².